The average molecular weight is 505 g/mol. The zero-order valence-electron chi connectivity index (χ0n) is 19.2. The zero-order valence-corrected chi connectivity index (χ0v) is 20.8. The molecule has 0 radical (unpaired) electrons. The smallest absolute Gasteiger partial charge is 0.285 e. The number of hydrogen-bond acceptors (Lipinski definition) is 2. The minimum absolute atomic E-state index is 0.0435. The minimum Gasteiger partial charge on any atom is -0.494 e. The highest BCUT2D eigenvalue weighted by Crippen LogP contribution is 2.19. The molecule has 0 bridgehead atoms. The molecule has 0 amide bonds. The van der Waals surface area contributed by atoms with Crippen molar-refractivity contribution in [1.29, 1.82) is 0 Å². The monoisotopic (exact) mass is 504 g/mol. The van der Waals surface area contributed by atoms with E-state index in [4.69, 9.17) is 4.74 Å². The molecule has 2 aromatic carbocycles. The Balaban J connectivity index is 0.000000228. The molecule has 0 saturated heterocycles. The van der Waals surface area contributed by atoms with Crippen LogP contribution in [0, 0.1) is 11.7 Å². The second-order valence-electron chi connectivity index (χ2n) is 7.77. The number of nitrogens with one attached hydrogen (secondary N) is 1. The lowest BCUT2D eigenvalue weighted by Gasteiger charge is -2.15. The minimum atomic E-state index is -0.216. The molecular weight excluding hydrogens is 471 g/mol. The molecule has 3 rings (SSSR count). The first kappa shape index (κ1) is 25.9. The Morgan fingerprint density at radius 1 is 0.969 bits per heavy atom. The molecule has 0 unspecified atom stereocenters. The van der Waals surface area contributed by atoms with Gasteiger partial charge >= 0.3 is 0 Å². The van der Waals surface area contributed by atoms with Crippen molar-refractivity contribution >= 4 is 15.9 Å². The molecule has 1 aromatic heterocycles. The number of ether oxygens (including phenoxy) is 1. The van der Waals surface area contributed by atoms with Crippen molar-refractivity contribution in [2.24, 2.45) is 5.92 Å². The van der Waals surface area contributed by atoms with E-state index in [1.54, 1.807) is 16.8 Å². The third kappa shape index (κ3) is 7.97. The highest BCUT2D eigenvalue weighted by molar-refractivity contribution is 9.10. The van der Waals surface area contributed by atoms with Crippen molar-refractivity contribution in [1.82, 2.24) is 9.78 Å². The van der Waals surface area contributed by atoms with Gasteiger partial charge in [-0.2, -0.15) is 0 Å². The Bertz CT molecular complexity index is 962. The fourth-order valence-corrected chi connectivity index (χ4v) is 4.13. The van der Waals surface area contributed by atoms with E-state index in [9.17, 15) is 9.18 Å². The summed E-state index contributed by atoms with van der Waals surface area (Å²) in [7, 11) is 0. The maximum Gasteiger partial charge on any atom is 0.285 e. The number of rotatable bonds is 10. The van der Waals surface area contributed by atoms with Gasteiger partial charge in [0.2, 0.25) is 0 Å². The molecule has 0 aliphatic heterocycles. The number of halogens is 2. The number of aromatic amines is 1. The first-order chi connectivity index (χ1) is 15.5. The lowest BCUT2D eigenvalue weighted by atomic mass is 9.95. The van der Waals surface area contributed by atoms with Crippen LogP contribution in [0.5, 0.6) is 5.75 Å². The second-order valence-corrected chi connectivity index (χ2v) is 8.56. The Hall–Kier alpha value is -2.34. The standard InChI is InChI=1S/C15H23FO.C11H11BrN2O/c1-3-5-13(6-4-2)11-12-17-15-9-7-14(16)8-10-15;1-2-9-10(12)11(15)14(13-9)8-6-4-3-5-7-8/h7-10,13H,3-6,11-12H2,1-2H3;3-7,13H,2H2,1H3. The van der Waals surface area contributed by atoms with Crippen LogP contribution in [0.15, 0.2) is 63.9 Å². The van der Waals surface area contributed by atoms with Crippen molar-refractivity contribution in [3.05, 3.63) is 80.9 Å². The SMILES string of the molecule is CCCC(CCC)CCOc1ccc(F)cc1.CCc1[nH]n(-c2ccccc2)c(=O)c1Br. The molecule has 32 heavy (non-hydrogen) atoms. The predicted molar refractivity (Wildman–Crippen MR) is 133 cm³/mol. The van der Waals surface area contributed by atoms with Crippen molar-refractivity contribution in [2.75, 3.05) is 6.61 Å². The van der Waals surface area contributed by atoms with E-state index >= 15 is 0 Å². The third-order valence-corrected chi connectivity index (χ3v) is 6.09. The summed E-state index contributed by atoms with van der Waals surface area (Å²) in [5.74, 6) is 1.32. The van der Waals surface area contributed by atoms with Gasteiger partial charge in [-0.1, -0.05) is 64.7 Å². The number of hydrogen-bond donors (Lipinski definition) is 1. The maximum absolute atomic E-state index is 12.7. The lowest BCUT2D eigenvalue weighted by molar-refractivity contribution is 0.264. The summed E-state index contributed by atoms with van der Waals surface area (Å²) in [4.78, 5) is 11.8. The van der Waals surface area contributed by atoms with Gasteiger partial charge in [0.25, 0.3) is 5.56 Å². The first-order valence-corrected chi connectivity index (χ1v) is 12.2. The zero-order chi connectivity index (χ0) is 23.3. The van der Waals surface area contributed by atoms with E-state index in [0.29, 0.717) is 4.47 Å². The Labute approximate surface area is 198 Å². The van der Waals surface area contributed by atoms with Gasteiger partial charge < -0.3 is 4.74 Å². The normalized spacial score (nSPS) is 10.7. The van der Waals surface area contributed by atoms with Crippen LogP contribution in [0.25, 0.3) is 5.69 Å². The Morgan fingerprint density at radius 3 is 2.12 bits per heavy atom. The number of aryl methyl sites for hydroxylation is 1. The number of aromatic nitrogens is 2. The Kier molecular flexibility index (Phi) is 11.3. The molecule has 0 spiro atoms. The molecule has 0 aliphatic carbocycles. The second kappa shape index (κ2) is 13.9. The summed E-state index contributed by atoms with van der Waals surface area (Å²) in [6, 6.07) is 15.8. The van der Waals surface area contributed by atoms with Gasteiger partial charge in [0, 0.05) is 0 Å². The van der Waals surface area contributed by atoms with Crippen molar-refractivity contribution in [3.8, 4) is 11.4 Å². The third-order valence-electron chi connectivity index (χ3n) is 5.27. The molecule has 0 atom stereocenters. The summed E-state index contributed by atoms with van der Waals surface area (Å²) in [5, 5.41) is 3.07. The van der Waals surface area contributed by atoms with E-state index in [-0.39, 0.29) is 11.4 Å². The van der Waals surface area contributed by atoms with E-state index in [1.165, 1.54) is 37.8 Å². The fraction of sp³-hybridized carbons (Fsp3) is 0.423. The van der Waals surface area contributed by atoms with Crippen molar-refractivity contribution in [2.45, 2.75) is 59.3 Å². The predicted octanol–water partition coefficient (Wildman–Crippen LogP) is 7.30. The summed E-state index contributed by atoms with van der Waals surface area (Å²) >= 11 is 3.29. The number of benzene rings is 2. The summed E-state index contributed by atoms with van der Waals surface area (Å²) < 4.78 is 20.5. The van der Waals surface area contributed by atoms with Crippen LogP contribution >= 0.6 is 15.9 Å². The van der Waals surface area contributed by atoms with Gasteiger partial charge in [-0.15, -0.1) is 0 Å². The first-order valence-electron chi connectivity index (χ1n) is 11.4. The van der Waals surface area contributed by atoms with Crippen LogP contribution in [-0.2, 0) is 6.42 Å². The van der Waals surface area contributed by atoms with E-state index in [0.717, 1.165) is 42.5 Å². The summed E-state index contributed by atoms with van der Waals surface area (Å²) in [5.41, 5.74) is 1.73. The van der Waals surface area contributed by atoms with Crippen LogP contribution in [-0.4, -0.2) is 16.4 Å². The highest BCUT2D eigenvalue weighted by Gasteiger charge is 2.10. The van der Waals surface area contributed by atoms with Crippen molar-refractivity contribution < 1.29 is 9.13 Å². The molecule has 1 N–H and O–H groups in total. The lowest BCUT2D eigenvalue weighted by Crippen LogP contribution is -2.14. The van der Waals surface area contributed by atoms with E-state index < -0.39 is 0 Å². The molecule has 0 aliphatic rings. The van der Waals surface area contributed by atoms with Gasteiger partial charge in [0.15, 0.2) is 0 Å². The van der Waals surface area contributed by atoms with Gasteiger partial charge in [-0.3, -0.25) is 9.89 Å². The molecule has 6 heteroatoms. The van der Waals surface area contributed by atoms with Crippen LogP contribution in [0.4, 0.5) is 4.39 Å². The fourth-order valence-electron chi connectivity index (χ4n) is 3.58. The van der Waals surface area contributed by atoms with Gasteiger partial charge in [0.1, 0.15) is 16.0 Å². The Morgan fingerprint density at radius 2 is 1.59 bits per heavy atom. The molecule has 3 aromatic rings. The summed E-state index contributed by atoms with van der Waals surface area (Å²) in [6.07, 6.45) is 6.93. The molecule has 1 heterocycles. The number of nitrogens with zero attached hydrogens (tertiary/aromatic N) is 1. The highest BCUT2D eigenvalue weighted by atomic mass is 79.9. The van der Waals surface area contributed by atoms with Gasteiger partial charge in [0.05, 0.1) is 18.0 Å². The van der Waals surface area contributed by atoms with Crippen LogP contribution in [0.2, 0.25) is 0 Å². The quantitative estimate of drug-likeness (QED) is 0.314. The van der Waals surface area contributed by atoms with Crippen LogP contribution in [0.3, 0.4) is 0 Å². The molecule has 0 saturated carbocycles. The number of para-hydroxylation sites is 1. The molecule has 4 nitrogen and oxygen atoms in total. The number of H-pyrrole nitrogens is 1. The van der Waals surface area contributed by atoms with E-state index in [2.05, 4.69) is 34.9 Å². The topological polar surface area (TPSA) is 47.0 Å². The van der Waals surface area contributed by atoms with Gasteiger partial charge in [-0.05, 0) is 71.1 Å². The summed E-state index contributed by atoms with van der Waals surface area (Å²) in [6.45, 7) is 7.19. The van der Waals surface area contributed by atoms with Crippen LogP contribution < -0.4 is 10.3 Å². The van der Waals surface area contributed by atoms with Gasteiger partial charge in [-0.25, -0.2) is 9.07 Å². The van der Waals surface area contributed by atoms with Crippen molar-refractivity contribution in [3.63, 3.8) is 0 Å². The largest absolute Gasteiger partial charge is 0.494 e. The van der Waals surface area contributed by atoms with Crippen LogP contribution in [0.1, 0.15) is 58.6 Å². The van der Waals surface area contributed by atoms with E-state index in [1.807, 2.05) is 37.3 Å². The molecule has 174 valence electrons. The average Bonchev–Trinajstić information content (AvgIpc) is 3.10. The molecular formula is C26H34BrFN2O2. The maximum atomic E-state index is 12.7. The molecule has 0 fully saturated rings.